The maximum atomic E-state index is 11.3. The number of benzene rings is 1. The topological polar surface area (TPSA) is 54.0 Å². The molecule has 1 amide bonds. The van der Waals surface area contributed by atoms with Gasteiger partial charge in [-0.1, -0.05) is 22.9 Å². The summed E-state index contributed by atoms with van der Waals surface area (Å²) in [6, 6.07) is 5.61. The van der Waals surface area contributed by atoms with Gasteiger partial charge in [-0.15, -0.1) is 0 Å². The van der Waals surface area contributed by atoms with E-state index in [2.05, 4.69) is 15.6 Å². The van der Waals surface area contributed by atoms with Gasteiger partial charge in [-0.25, -0.2) is 4.98 Å². The molecule has 2 N–H and O–H groups in total. The van der Waals surface area contributed by atoms with E-state index in [4.69, 9.17) is 11.6 Å². The van der Waals surface area contributed by atoms with Crippen molar-refractivity contribution in [3.8, 4) is 0 Å². The molecule has 0 spiro atoms. The van der Waals surface area contributed by atoms with Crippen molar-refractivity contribution in [2.24, 2.45) is 0 Å². The van der Waals surface area contributed by atoms with Crippen LogP contribution in [-0.4, -0.2) is 24.0 Å². The van der Waals surface area contributed by atoms with E-state index in [0.717, 1.165) is 15.3 Å². The number of amides is 1. The van der Waals surface area contributed by atoms with Gasteiger partial charge < -0.3 is 10.6 Å². The molecule has 4 nitrogen and oxygen atoms in total. The quantitative estimate of drug-likeness (QED) is 0.887. The van der Waals surface area contributed by atoms with E-state index in [-0.39, 0.29) is 5.91 Å². The molecule has 0 atom stereocenters. The number of carbonyl (C=O) groups is 1. The van der Waals surface area contributed by atoms with Gasteiger partial charge in [-0.2, -0.15) is 0 Å². The summed E-state index contributed by atoms with van der Waals surface area (Å²) in [6.07, 6.45) is 0.449. The van der Waals surface area contributed by atoms with Crippen LogP contribution >= 0.6 is 22.9 Å². The first-order chi connectivity index (χ1) is 8.69. The standard InChI is InChI=1S/C12H14ClN3OS/c1-2-14-11(17)5-6-15-12-16-9-4-3-8(13)7-10(9)18-12/h3-4,7H,2,5-6H2,1H3,(H,14,17)(H,15,16). The number of hydrogen-bond donors (Lipinski definition) is 2. The van der Waals surface area contributed by atoms with Gasteiger partial charge in [0.05, 0.1) is 10.2 Å². The van der Waals surface area contributed by atoms with Crippen molar-refractivity contribution >= 4 is 44.2 Å². The minimum absolute atomic E-state index is 0.0501. The molecule has 6 heteroatoms. The van der Waals surface area contributed by atoms with Crippen LogP contribution in [0.5, 0.6) is 0 Å². The number of carbonyl (C=O) groups excluding carboxylic acids is 1. The molecule has 1 aromatic heterocycles. The Labute approximate surface area is 114 Å². The number of halogens is 1. The van der Waals surface area contributed by atoms with E-state index in [0.29, 0.717) is 24.5 Å². The van der Waals surface area contributed by atoms with Gasteiger partial charge in [0.2, 0.25) is 5.91 Å². The molecule has 18 heavy (non-hydrogen) atoms. The third-order valence-corrected chi connectivity index (χ3v) is 3.56. The van der Waals surface area contributed by atoms with Crippen LogP contribution < -0.4 is 10.6 Å². The van der Waals surface area contributed by atoms with Crippen molar-refractivity contribution in [3.05, 3.63) is 23.2 Å². The van der Waals surface area contributed by atoms with Crippen molar-refractivity contribution < 1.29 is 4.79 Å². The summed E-state index contributed by atoms with van der Waals surface area (Å²) in [5.41, 5.74) is 0.921. The molecule has 0 aliphatic heterocycles. The first-order valence-electron chi connectivity index (χ1n) is 5.75. The van der Waals surface area contributed by atoms with Crippen LogP contribution in [0, 0.1) is 0 Å². The maximum absolute atomic E-state index is 11.3. The molecule has 96 valence electrons. The first kappa shape index (κ1) is 13.1. The van der Waals surface area contributed by atoms with Crippen molar-refractivity contribution in [3.63, 3.8) is 0 Å². The zero-order valence-corrected chi connectivity index (χ0v) is 11.6. The number of fused-ring (bicyclic) bond motifs is 1. The minimum Gasteiger partial charge on any atom is -0.361 e. The lowest BCUT2D eigenvalue weighted by molar-refractivity contribution is -0.120. The molecule has 0 unspecified atom stereocenters. The molecule has 0 saturated carbocycles. The first-order valence-corrected chi connectivity index (χ1v) is 6.95. The Morgan fingerprint density at radius 1 is 1.50 bits per heavy atom. The van der Waals surface area contributed by atoms with Crippen molar-refractivity contribution in [1.82, 2.24) is 10.3 Å². The van der Waals surface area contributed by atoms with Crippen LogP contribution in [0.4, 0.5) is 5.13 Å². The van der Waals surface area contributed by atoms with Gasteiger partial charge in [-0.3, -0.25) is 4.79 Å². The van der Waals surface area contributed by atoms with E-state index >= 15 is 0 Å². The van der Waals surface area contributed by atoms with Gasteiger partial charge in [0.15, 0.2) is 5.13 Å². The van der Waals surface area contributed by atoms with E-state index in [1.54, 1.807) is 0 Å². The second kappa shape index (κ2) is 6.02. The lowest BCUT2D eigenvalue weighted by Gasteiger charge is -2.02. The van der Waals surface area contributed by atoms with E-state index in [1.807, 2.05) is 25.1 Å². The number of rotatable bonds is 5. The fourth-order valence-electron chi connectivity index (χ4n) is 1.54. The maximum Gasteiger partial charge on any atom is 0.221 e. The number of hydrogen-bond acceptors (Lipinski definition) is 4. The highest BCUT2D eigenvalue weighted by atomic mass is 35.5. The van der Waals surface area contributed by atoms with E-state index in [9.17, 15) is 4.79 Å². The Hall–Kier alpha value is -1.33. The predicted octanol–water partition coefficient (Wildman–Crippen LogP) is 2.89. The van der Waals surface area contributed by atoms with Crippen LogP contribution in [-0.2, 0) is 4.79 Å². The molecule has 0 bridgehead atoms. The van der Waals surface area contributed by atoms with E-state index in [1.165, 1.54) is 11.3 Å². The summed E-state index contributed by atoms with van der Waals surface area (Å²) >= 11 is 7.45. The number of nitrogens with one attached hydrogen (secondary N) is 2. The second-order valence-corrected chi connectivity index (χ2v) is 5.23. The molecule has 0 radical (unpaired) electrons. The molecule has 0 aliphatic rings. The molecule has 0 aliphatic carbocycles. The van der Waals surface area contributed by atoms with Gasteiger partial charge in [-0.05, 0) is 25.1 Å². The Morgan fingerprint density at radius 3 is 3.11 bits per heavy atom. The summed E-state index contributed by atoms with van der Waals surface area (Å²) in [4.78, 5) is 15.7. The van der Waals surface area contributed by atoms with Crippen molar-refractivity contribution in [1.29, 1.82) is 0 Å². The Kier molecular flexibility index (Phi) is 4.38. The Balaban J connectivity index is 1.94. The lowest BCUT2D eigenvalue weighted by atomic mass is 10.3. The summed E-state index contributed by atoms with van der Waals surface area (Å²) in [5, 5.41) is 7.42. The smallest absolute Gasteiger partial charge is 0.221 e. The highest BCUT2D eigenvalue weighted by molar-refractivity contribution is 7.22. The second-order valence-electron chi connectivity index (χ2n) is 3.76. The van der Waals surface area contributed by atoms with Crippen LogP contribution in [0.1, 0.15) is 13.3 Å². The largest absolute Gasteiger partial charge is 0.361 e. The minimum atomic E-state index is 0.0501. The molecule has 2 aromatic rings. The van der Waals surface area contributed by atoms with Crippen LogP contribution in [0.2, 0.25) is 5.02 Å². The van der Waals surface area contributed by atoms with Crippen LogP contribution in [0.25, 0.3) is 10.2 Å². The molecular weight excluding hydrogens is 270 g/mol. The summed E-state index contributed by atoms with van der Waals surface area (Å²) in [5.74, 6) is 0.0501. The molecule has 1 heterocycles. The Bertz CT molecular complexity index is 555. The third kappa shape index (κ3) is 3.34. The molecular formula is C12H14ClN3OS. The predicted molar refractivity (Wildman–Crippen MR) is 76.4 cm³/mol. The SMILES string of the molecule is CCNC(=O)CCNc1nc2ccc(Cl)cc2s1. The van der Waals surface area contributed by atoms with Gasteiger partial charge >= 0.3 is 0 Å². The lowest BCUT2D eigenvalue weighted by Crippen LogP contribution is -2.24. The van der Waals surface area contributed by atoms with Crippen molar-refractivity contribution in [2.45, 2.75) is 13.3 Å². The fraction of sp³-hybridized carbons (Fsp3) is 0.333. The number of thiazole rings is 1. The number of aromatic nitrogens is 1. The monoisotopic (exact) mass is 283 g/mol. The molecule has 0 fully saturated rings. The zero-order chi connectivity index (χ0) is 13.0. The highest BCUT2D eigenvalue weighted by Gasteiger charge is 2.04. The summed E-state index contributed by atoms with van der Waals surface area (Å²) < 4.78 is 1.04. The third-order valence-electron chi connectivity index (χ3n) is 2.35. The van der Waals surface area contributed by atoms with Gasteiger partial charge in [0.25, 0.3) is 0 Å². The zero-order valence-electron chi connectivity index (χ0n) is 10.00. The average molecular weight is 284 g/mol. The number of anilines is 1. The van der Waals surface area contributed by atoms with Crippen LogP contribution in [0.3, 0.4) is 0 Å². The van der Waals surface area contributed by atoms with E-state index < -0.39 is 0 Å². The normalized spacial score (nSPS) is 10.6. The average Bonchev–Trinajstić information content (AvgIpc) is 2.71. The highest BCUT2D eigenvalue weighted by Crippen LogP contribution is 2.28. The Morgan fingerprint density at radius 2 is 2.33 bits per heavy atom. The van der Waals surface area contributed by atoms with Crippen LogP contribution in [0.15, 0.2) is 18.2 Å². The molecule has 1 aromatic carbocycles. The molecule has 2 rings (SSSR count). The summed E-state index contributed by atoms with van der Waals surface area (Å²) in [7, 11) is 0. The number of nitrogens with zero attached hydrogens (tertiary/aromatic N) is 1. The van der Waals surface area contributed by atoms with Gasteiger partial charge in [0, 0.05) is 24.5 Å². The van der Waals surface area contributed by atoms with Gasteiger partial charge in [0.1, 0.15) is 0 Å². The summed E-state index contributed by atoms with van der Waals surface area (Å²) in [6.45, 7) is 3.15. The van der Waals surface area contributed by atoms with Crippen molar-refractivity contribution in [2.75, 3.05) is 18.4 Å². The fourth-order valence-corrected chi connectivity index (χ4v) is 2.71. The molecule has 0 saturated heterocycles.